The Kier molecular flexibility index (Phi) is 5.26. The SMILES string of the molecule is COc1ccc(S(=O)(=O)Nc2cc(C)nc3sc(C)c(-c4cccc(C)c4)c23)cc1. The maximum Gasteiger partial charge on any atom is 0.261 e. The summed E-state index contributed by atoms with van der Waals surface area (Å²) in [7, 11) is -2.23. The molecule has 0 radical (unpaired) electrons. The molecule has 0 aliphatic carbocycles. The summed E-state index contributed by atoms with van der Waals surface area (Å²) in [6, 6.07) is 16.3. The highest BCUT2D eigenvalue weighted by molar-refractivity contribution is 7.92. The fourth-order valence-corrected chi connectivity index (χ4v) is 5.70. The maximum absolute atomic E-state index is 13.1. The normalized spacial score (nSPS) is 11.6. The predicted molar refractivity (Wildman–Crippen MR) is 123 cm³/mol. The van der Waals surface area contributed by atoms with Gasteiger partial charge in [0.05, 0.1) is 17.7 Å². The first kappa shape index (κ1) is 20.4. The Hall–Kier alpha value is -2.90. The number of rotatable bonds is 5. The van der Waals surface area contributed by atoms with E-state index in [4.69, 9.17) is 4.74 Å². The van der Waals surface area contributed by atoms with Gasteiger partial charge in [-0.25, -0.2) is 13.4 Å². The van der Waals surface area contributed by atoms with Gasteiger partial charge in [0.25, 0.3) is 10.0 Å². The van der Waals surface area contributed by atoms with E-state index in [0.29, 0.717) is 11.4 Å². The zero-order chi connectivity index (χ0) is 21.5. The molecule has 0 amide bonds. The smallest absolute Gasteiger partial charge is 0.261 e. The van der Waals surface area contributed by atoms with Crippen LogP contribution in [0.2, 0.25) is 0 Å². The molecule has 0 bridgehead atoms. The highest BCUT2D eigenvalue weighted by Gasteiger charge is 2.21. The van der Waals surface area contributed by atoms with Crippen molar-refractivity contribution in [2.24, 2.45) is 0 Å². The Morgan fingerprint density at radius 2 is 1.73 bits per heavy atom. The van der Waals surface area contributed by atoms with Crippen LogP contribution >= 0.6 is 11.3 Å². The van der Waals surface area contributed by atoms with E-state index in [1.807, 2.05) is 39.0 Å². The molecule has 0 aliphatic heterocycles. The van der Waals surface area contributed by atoms with Gasteiger partial charge in [-0.2, -0.15) is 0 Å². The molecule has 7 heteroatoms. The second kappa shape index (κ2) is 7.74. The summed E-state index contributed by atoms with van der Waals surface area (Å²) in [5, 5.41) is 0.825. The van der Waals surface area contributed by atoms with Crippen LogP contribution in [0.25, 0.3) is 21.3 Å². The monoisotopic (exact) mass is 438 g/mol. The van der Waals surface area contributed by atoms with Gasteiger partial charge in [-0.3, -0.25) is 4.72 Å². The van der Waals surface area contributed by atoms with Crippen LogP contribution in [0.1, 0.15) is 16.1 Å². The molecule has 0 spiro atoms. The quantitative estimate of drug-likeness (QED) is 0.434. The number of nitrogens with zero attached hydrogens (tertiary/aromatic N) is 1. The Labute approximate surface area is 180 Å². The summed E-state index contributed by atoms with van der Waals surface area (Å²) in [5.74, 6) is 0.603. The van der Waals surface area contributed by atoms with E-state index in [1.54, 1.807) is 36.6 Å². The van der Waals surface area contributed by atoms with Crippen LogP contribution in [0.3, 0.4) is 0 Å². The van der Waals surface area contributed by atoms with Crippen molar-refractivity contribution in [3.8, 4) is 16.9 Å². The number of benzene rings is 2. The Bertz CT molecular complexity index is 1340. The molecule has 0 saturated heterocycles. The first-order valence-corrected chi connectivity index (χ1v) is 11.7. The Balaban J connectivity index is 1.88. The molecule has 2 aromatic heterocycles. The molecule has 0 fully saturated rings. The van der Waals surface area contributed by atoms with Crippen LogP contribution in [0.15, 0.2) is 59.5 Å². The molecular weight excluding hydrogens is 416 g/mol. The van der Waals surface area contributed by atoms with Crippen molar-refractivity contribution >= 4 is 37.3 Å². The van der Waals surface area contributed by atoms with Gasteiger partial charge in [-0.1, -0.05) is 29.8 Å². The number of ether oxygens (including phenoxy) is 1. The van der Waals surface area contributed by atoms with Crippen LogP contribution in [0, 0.1) is 20.8 Å². The number of methoxy groups -OCH3 is 1. The number of thiophene rings is 1. The van der Waals surface area contributed by atoms with Crippen molar-refractivity contribution in [3.05, 3.63) is 70.7 Å². The molecule has 2 aromatic carbocycles. The summed E-state index contributed by atoms with van der Waals surface area (Å²) in [4.78, 5) is 6.75. The molecule has 2 heterocycles. The van der Waals surface area contributed by atoms with E-state index < -0.39 is 10.0 Å². The van der Waals surface area contributed by atoms with Crippen molar-refractivity contribution in [2.45, 2.75) is 25.7 Å². The van der Waals surface area contributed by atoms with E-state index in [1.165, 1.54) is 12.1 Å². The van der Waals surface area contributed by atoms with Crippen molar-refractivity contribution in [1.82, 2.24) is 4.98 Å². The number of anilines is 1. The lowest BCUT2D eigenvalue weighted by Gasteiger charge is -2.12. The summed E-state index contributed by atoms with van der Waals surface area (Å²) in [6.07, 6.45) is 0. The minimum atomic E-state index is -3.77. The average Bonchev–Trinajstić information content (AvgIpc) is 3.03. The largest absolute Gasteiger partial charge is 0.497 e. The zero-order valence-corrected chi connectivity index (χ0v) is 18.8. The lowest BCUT2D eigenvalue weighted by Crippen LogP contribution is -2.13. The lowest BCUT2D eigenvalue weighted by molar-refractivity contribution is 0.414. The van der Waals surface area contributed by atoms with Gasteiger partial charge in [-0.05, 0) is 56.7 Å². The molecule has 154 valence electrons. The third kappa shape index (κ3) is 3.78. The van der Waals surface area contributed by atoms with E-state index in [9.17, 15) is 8.42 Å². The van der Waals surface area contributed by atoms with Crippen molar-refractivity contribution < 1.29 is 13.2 Å². The van der Waals surface area contributed by atoms with Crippen LogP contribution in [-0.4, -0.2) is 20.5 Å². The Morgan fingerprint density at radius 3 is 2.40 bits per heavy atom. The van der Waals surface area contributed by atoms with E-state index in [2.05, 4.69) is 15.8 Å². The van der Waals surface area contributed by atoms with Gasteiger partial charge in [0.15, 0.2) is 0 Å². The molecule has 30 heavy (non-hydrogen) atoms. The first-order chi connectivity index (χ1) is 14.3. The summed E-state index contributed by atoms with van der Waals surface area (Å²) < 4.78 is 34.1. The number of hydrogen-bond donors (Lipinski definition) is 1. The third-order valence-corrected chi connectivity index (χ3v) is 7.27. The van der Waals surface area contributed by atoms with Gasteiger partial charge < -0.3 is 4.74 Å². The minimum Gasteiger partial charge on any atom is -0.497 e. The predicted octanol–water partition coefficient (Wildman–Crippen LogP) is 5.70. The molecule has 0 aliphatic rings. The van der Waals surface area contributed by atoms with E-state index in [0.717, 1.165) is 37.5 Å². The summed E-state index contributed by atoms with van der Waals surface area (Å²) >= 11 is 1.57. The highest BCUT2D eigenvalue weighted by atomic mass is 32.2. The van der Waals surface area contributed by atoms with E-state index in [-0.39, 0.29) is 4.90 Å². The standard InChI is InChI=1S/C23H22N2O3S2/c1-14-6-5-7-17(12-14)21-16(3)29-23-22(21)20(13-15(2)24-23)25-30(26,27)19-10-8-18(28-4)9-11-19/h5-13H,1-4H3,(H,24,25). The summed E-state index contributed by atoms with van der Waals surface area (Å²) in [6.45, 7) is 5.95. The first-order valence-electron chi connectivity index (χ1n) is 9.43. The molecule has 0 unspecified atom stereocenters. The van der Waals surface area contributed by atoms with Gasteiger partial charge in [0.2, 0.25) is 0 Å². The topological polar surface area (TPSA) is 68.3 Å². The number of pyridine rings is 1. The van der Waals surface area contributed by atoms with Crippen LogP contribution in [-0.2, 0) is 10.0 Å². The van der Waals surface area contributed by atoms with Crippen LogP contribution in [0.4, 0.5) is 5.69 Å². The van der Waals surface area contributed by atoms with Crippen molar-refractivity contribution in [3.63, 3.8) is 0 Å². The fraction of sp³-hybridized carbons (Fsp3) is 0.174. The van der Waals surface area contributed by atoms with Gasteiger partial charge in [0.1, 0.15) is 10.6 Å². The lowest BCUT2D eigenvalue weighted by atomic mass is 10.0. The third-order valence-electron chi connectivity index (χ3n) is 4.89. The number of aryl methyl sites for hydroxylation is 3. The number of hydrogen-bond acceptors (Lipinski definition) is 5. The molecule has 4 rings (SSSR count). The van der Waals surface area contributed by atoms with Gasteiger partial charge in [-0.15, -0.1) is 11.3 Å². The van der Waals surface area contributed by atoms with Gasteiger partial charge >= 0.3 is 0 Å². The molecule has 5 nitrogen and oxygen atoms in total. The second-order valence-electron chi connectivity index (χ2n) is 7.18. The molecular formula is C23H22N2O3S2. The van der Waals surface area contributed by atoms with Gasteiger partial charge in [0, 0.05) is 21.5 Å². The number of nitrogens with one attached hydrogen (secondary N) is 1. The average molecular weight is 439 g/mol. The number of aromatic nitrogens is 1. The number of fused-ring (bicyclic) bond motifs is 1. The number of sulfonamides is 1. The fourth-order valence-electron chi connectivity index (χ4n) is 3.52. The van der Waals surface area contributed by atoms with Crippen LogP contribution < -0.4 is 9.46 Å². The Morgan fingerprint density at radius 1 is 1.00 bits per heavy atom. The molecule has 1 N–H and O–H groups in total. The highest BCUT2D eigenvalue weighted by Crippen LogP contribution is 2.42. The van der Waals surface area contributed by atoms with Crippen molar-refractivity contribution in [1.29, 1.82) is 0 Å². The second-order valence-corrected chi connectivity index (χ2v) is 10.1. The maximum atomic E-state index is 13.1. The minimum absolute atomic E-state index is 0.176. The zero-order valence-electron chi connectivity index (χ0n) is 17.2. The van der Waals surface area contributed by atoms with E-state index >= 15 is 0 Å². The molecule has 0 atom stereocenters. The molecule has 0 saturated carbocycles. The van der Waals surface area contributed by atoms with Crippen LogP contribution in [0.5, 0.6) is 5.75 Å². The molecule has 4 aromatic rings. The summed E-state index contributed by atoms with van der Waals surface area (Å²) in [5.41, 5.74) is 4.50. The van der Waals surface area contributed by atoms with Crippen molar-refractivity contribution in [2.75, 3.05) is 11.8 Å².